The van der Waals surface area contributed by atoms with E-state index in [1.165, 1.54) is 87.2 Å². The lowest BCUT2D eigenvalue weighted by Gasteiger charge is -2.19. The van der Waals surface area contributed by atoms with Crippen LogP contribution >= 0.6 is 0 Å². The molecular weight excluding hydrogens is 605 g/mol. The van der Waals surface area contributed by atoms with Gasteiger partial charge in [0.05, 0.1) is 11.4 Å². The van der Waals surface area contributed by atoms with E-state index in [2.05, 4.69) is 164 Å². The van der Waals surface area contributed by atoms with Crippen LogP contribution in [0.4, 0.5) is 0 Å². The molecule has 0 fully saturated rings. The Bertz CT molecular complexity index is 2970. The summed E-state index contributed by atoms with van der Waals surface area (Å²) < 4.78 is 0. The molecule has 0 bridgehead atoms. The van der Waals surface area contributed by atoms with E-state index < -0.39 is 0 Å². The van der Waals surface area contributed by atoms with Crippen LogP contribution in [0.3, 0.4) is 0 Å². The van der Waals surface area contributed by atoms with E-state index in [1.54, 1.807) is 6.33 Å². The summed E-state index contributed by atoms with van der Waals surface area (Å²) in [4.78, 5) is 9.65. The number of hydrogen-bond donors (Lipinski definition) is 0. The largest absolute Gasteiger partial charge is 0.236 e. The Balaban J connectivity index is 1.12. The molecule has 1 aromatic heterocycles. The van der Waals surface area contributed by atoms with Crippen LogP contribution in [0.15, 0.2) is 170 Å². The van der Waals surface area contributed by atoms with Crippen LogP contribution in [0.2, 0.25) is 0 Å². The molecule has 0 spiro atoms. The Morgan fingerprint density at radius 2 is 0.820 bits per heavy atom. The first-order chi connectivity index (χ1) is 24.8. The minimum Gasteiger partial charge on any atom is -0.236 e. The standard InChI is InChI=1S/C48H28N2/c1-2-11-33-27-42-34(26-32(33)10-1)14-9-19-39(42)45-37-17-5-3-15-35(37)43(36-16-4-6-18-38(36)45)30-22-24-31(25-23-30)47-46-40-20-7-12-29-13-8-21-41(44(29)40)48(46)50-28-49-47/h1-28H. The molecule has 1 heterocycles. The highest BCUT2D eigenvalue weighted by Gasteiger charge is 2.26. The average Bonchev–Trinajstić information content (AvgIpc) is 3.51. The molecule has 2 nitrogen and oxygen atoms in total. The third-order valence-corrected chi connectivity index (χ3v) is 10.7. The van der Waals surface area contributed by atoms with E-state index in [9.17, 15) is 0 Å². The lowest BCUT2D eigenvalue weighted by atomic mass is 9.84. The molecule has 0 atom stereocenters. The molecule has 0 aliphatic heterocycles. The maximum atomic E-state index is 4.87. The predicted octanol–water partition coefficient (Wildman–Crippen LogP) is 12.9. The van der Waals surface area contributed by atoms with Crippen molar-refractivity contribution in [2.75, 3.05) is 0 Å². The maximum Gasteiger partial charge on any atom is 0.116 e. The van der Waals surface area contributed by atoms with Crippen molar-refractivity contribution in [2.24, 2.45) is 0 Å². The number of benzene rings is 9. The molecule has 1 aliphatic carbocycles. The monoisotopic (exact) mass is 632 g/mol. The van der Waals surface area contributed by atoms with E-state index in [0.29, 0.717) is 0 Å². The maximum absolute atomic E-state index is 4.87. The van der Waals surface area contributed by atoms with Gasteiger partial charge in [-0.25, -0.2) is 9.97 Å². The molecule has 2 heteroatoms. The second-order valence-electron chi connectivity index (χ2n) is 13.3. The SMILES string of the molecule is c1ccc2cc3c(-c4c5ccccc5c(-c5ccc(-c6ncnc7c6-c6cccc8cccc-7c68)cc5)c5ccccc45)cccc3cc2c1. The van der Waals surface area contributed by atoms with Crippen molar-refractivity contribution in [1.82, 2.24) is 9.97 Å². The van der Waals surface area contributed by atoms with Gasteiger partial charge in [-0.3, -0.25) is 0 Å². The summed E-state index contributed by atoms with van der Waals surface area (Å²) in [6, 6.07) is 59.9. The summed E-state index contributed by atoms with van der Waals surface area (Å²) in [5, 5.41) is 12.5. The first-order valence-corrected chi connectivity index (χ1v) is 17.2. The molecule has 0 saturated carbocycles. The van der Waals surface area contributed by atoms with Gasteiger partial charge in [0.2, 0.25) is 0 Å². The van der Waals surface area contributed by atoms with Gasteiger partial charge in [0.25, 0.3) is 0 Å². The zero-order valence-corrected chi connectivity index (χ0v) is 27.1. The number of aromatic nitrogens is 2. The Morgan fingerprint density at radius 1 is 0.300 bits per heavy atom. The lowest BCUT2D eigenvalue weighted by Crippen LogP contribution is -1.93. The fraction of sp³-hybridized carbons (Fsp3) is 0. The smallest absolute Gasteiger partial charge is 0.116 e. The van der Waals surface area contributed by atoms with E-state index >= 15 is 0 Å². The molecule has 0 N–H and O–H groups in total. The van der Waals surface area contributed by atoms with Crippen LogP contribution in [0.5, 0.6) is 0 Å². The Morgan fingerprint density at radius 3 is 1.52 bits per heavy atom. The van der Waals surface area contributed by atoms with Gasteiger partial charge < -0.3 is 0 Å². The van der Waals surface area contributed by atoms with Crippen LogP contribution < -0.4 is 0 Å². The Kier molecular flexibility index (Phi) is 5.70. The summed E-state index contributed by atoms with van der Waals surface area (Å²) in [6.07, 6.45) is 1.71. The first-order valence-electron chi connectivity index (χ1n) is 17.2. The summed E-state index contributed by atoms with van der Waals surface area (Å²) in [7, 11) is 0. The molecule has 0 amide bonds. The van der Waals surface area contributed by atoms with Crippen LogP contribution in [-0.2, 0) is 0 Å². The van der Waals surface area contributed by atoms with Gasteiger partial charge in [-0.05, 0) is 93.8 Å². The molecule has 0 saturated heterocycles. The predicted molar refractivity (Wildman–Crippen MR) is 210 cm³/mol. The minimum atomic E-state index is 0.971. The third kappa shape index (κ3) is 3.85. The highest BCUT2D eigenvalue weighted by molar-refractivity contribution is 6.24. The van der Waals surface area contributed by atoms with Crippen molar-refractivity contribution in [3.63, 3.8) is 0 Å². The number of nitrogens with zero attached hydrogens (tertiary/aromatic N) is 2. The van der Waals surface area contributed by atoms with Crippen molar-refractivity contribution in [2.45, 2.75) is 0 Å². The fourth-order valence-electron chi connectivity index (χ4n) is 8.52. The fourth-order valence-corrected chi connectivity index (χ4v) is 8.52. The van der Waals surface area contributed by atoms with Gasteiger partial charge in [0, 0.05) is 16.7 Å². The quantitative estimate of drug-likeness (QED) is 0.181. The lowest BCUT2D eigenvalue weighted by molar-refractivity contribution is 1.19. The Labute approximate surface area is 289 Å². The van der Waals surface area contributed by atoms with Gasteiger partial charge in [-0.2, -0.15) is 0 Å². The summed E-state index contributed by atoms with van der Waals surface area (Å²) >= 11 is 0. The third-order valence-electron chi connectivity index (χ3n) is 10.7. The number of rotatable bonds is 3. The molecule has 1 aliphatic rings. The van der Waals surface area contributed by atoms with Gasteiger partial charge in [-0.1, -0.05) is 152 Å². The van der Waals surface area contributed by atoms with E-state index in [0.717, 1.165) is 22.5 Å². The topological polar surface area (TPSA) is 25.8 Å². The summed E-state index contributed by atoms with van der Waals surface area (Å²) in [5.74, 6) is 0. The summed E-state index contributed by atoms with van der Waals surface area (Å²) in [6.45, 7) is 0. The second kappa shape index (κ2) is 10.4. The number of hydrogen-bond acceptors (Lipinski definition) is 2. The van der Waals surface area contributed by atoms with Crippen LogP contribution in [0.25, 0.3) is 110 Å². The van der Waals surface area contributed by atoms with Crippen molar-refractivity contribution < 1.29 is 0 Å². The molecule has 230 valence electrons. The molecule has 10 aromatic rings. The minimum absolute atomic E-state index is 0.971. The molecule has 9 aromatic carbocycles. The molecular formula is C48H28N2. The van der Waals surface area contributed by atoms with E-state index in [4.69, 9.17) is 9.97 Å². The van der Waals surface area contributed by atoms with Gasteiger partial charge >= 0.3 is 0 Å². The number of fused-ring (bicyclic) bond motifs is 7. The zero-order chi connectivity index (χ0) is 32.8. The Hall–Kier alpha value is -6.64. The van der Waals surface area contributed by atoms with E-state index in [1.807, 2.05) is 0 Å². The second-order valence-corrected chi connectivity index (χ2v) is 13.3. The highest BCUT2D eigenvalue weighted by Crippen LogP contribution is 2.50. The molecule has 0 radical (unpaired) electrons. The average molecular weight is 633 g/mol. The first kappa shape index (κ1) is 27.3. The normalized spacial score (nSPS) is 12.0. The molecule has 50 heavy (non-hydrogen) atoms. The summed E-state index contributed by atoms with van der Waals surface area (Å²) in [5.41, 5.74) is 11.6. The highest BCUT2D eigenvalue weighted by atomic mass is 14.9. The van der Waals surface area contributed by atoms with Crippen LogP contribution in [0.1, 0.15) is 0 Å². The van der Waals surface area contributed by atoms with Crippen LogP contribution in [0, 0.1) is 0 Å². The van der Waals surface area contributed by atoms with Gasteiger partial charge in [-0.15, -0.1) is 0 Å². The molecule has 11 rings (SSSR count). The van der Waals surface area contributed by atoms with Crippen LogP contribution in [-0.4, -0.2) is 9.97 Å². The van der Waals surface area contributed by atoms with Gasteiger partial charge in [0.1, 0.15) is 6.33 Å². The van der Waals surface area contributed by atoms with Crippen molar-refractivity contribution in [3.8, 4) is 55.9 Å². The van der Waals surface area contributed by atoms with Crippen molar-refractivity contribution in [1.29, 1.82) is 0 Å². The van der Waals surface area contributed by atoms with Crippen molar-refractivity contribution >= 4 is 53.9 Å². The van der Waals surface area contributed by atoms with E-state index in [-0.39, 0.29) is 0 Å². The van der Waals surface area contributed by atoms with Gasteiger partial charge in [0.15, 0.2) is 0 Å². The zero-order valence-electron chi connectivity index (χ0n) is 27.1. The molecule has 0 unspecified atom stereocenters. The van der Waals surface area contributed by atoms with Crippen molar-refractivity contribution in [3.05, 3.63) is 170 Å².